The van der Waals surface area contributed by atoms with Gasteiger partial charge in [-0.15, -0.1) is 0 Å². The number of hydrogen-bond donors (Lipinski definition) is 1. The Morgan fingerprint density at radius 2 is 2.07 bits per heavy atom. The van der Waals surface area contributed by atoms with Gasteiger partial charge in [0.25, 0.3) is 5.56 Å². The van der Waals surface area contributed by atoms with Crippen molar-refractivity contribution in [3.8, 4) is 0 Å². The van der Waals surface area contributed by atoms with Gasteiger partial charge in [-0.1, -0.05) is 13.8 Å². The summed E-state index contributed by atoms with van der Waals surface area (Å²) in [5, 5.41) is 4.77. The highest BCUT2D eigenvalue weighted by molar-refractivity contribution is 5.76. The topological polar surface area (TPSA) is 63.6 Å². The third-order valence-corrected chi connectivity index (χ3v) is 2.43. The van der Waals surface area contributed by atoms with E-state index in [2.05, 4.69) is 15.1 Å². The molecule has 5 heteroatoms. The quantitative estimate of drug-likeness (QED) is 0.759. The summed E-state index contributed by atoms with van der Waals surface area (Å²) in [6.45, 7) is 5.80. The maximum absolute atomic E-state index is 11.8. The summed E-state index contributed by atoms with van der Waals surface area (Å²) >= 11 is 0. The zero-order chi connectivity index (χ0) is 11.2. The van der Waals surface area contributed by atoms with E-state index in [4.69, 9.17) is 0 Å². The van der Waals surface area contributed by atoms with E-state index in [0.29, 0.717) is 16.9 Å². The zero-order valence-corrected chi connectivity index (χ0v) is 9.33. The monoisotopic (exact) mass is 206 g/mol. The van der Waals surface area contributed by atoms with E-state index in [0.717, 1.165) is 5.69 Å². The van der Waals surface area contributed by atoms with E-state index >= 15 is 0 Å². The molecule has 15 heavy (non-hydrogen) atoms. The molecule has 0 bridgehead atoms. The van der Waals surface area contributed by atoms with Gasteiger partial charge in [0, 0.05) is 13.0 Å². The standard InChI is InChI=1S/C10H14N4O/c1-5(2)8-11-9-7(10(15)12-8)6(3)13-14(9)4/h5H,1-4H3,(H,11,12,15). The smallest absolute Gasteiger partial charge is 0.262 e. The molecule has 0 saturated carbocycles. The Bertz CT molecular complexity index is 565. The van der Waals surface area contributed by atoms with E-state index in [1.807, 2.05) is 20.8 Å². The number of fused-ring (bicyclic) bond motifs is 1. The molecule has 0 spiro atoms. The average molecular weight is 206 g/mol. The predicted molar refractivity (Wildman–Crippen MR) is 58.0 cm³/mol. The van der Waals surface area contributed by atoms with Gasteiger partial charge in [-0.2, -0.15) is 5.10 Å². The number of aryl methyl sites for hydroxylation is 2. The fourth-order valence-corrected chi connectivity index (χ4v) is 1.63. The summed E-state index contributed by atoms with van der Waals surface area (Å²) in [6.07, 6.45) is 0. The minimum Gasteiger partial charge on any atom is -0.310 e. The summed E-state index contributed by atoms with van der Waals surface area (Å²) in [5.74, 6) is 0.910. The van der Waals surface area contributed by atoms with Crippen LogP contribution >= 0.6 is 0 Å². The van der Waals surface area contributed by atoms with Gasteiger partial charge < -0.3 is 4.98 Å². The molecule has 2 heterocycles. The first-order valence-electron chi connectivity index (χ1n) is 4.94. The third-order valence-electron chi connectivity index (χ3n) is 2.43. The van der Waals surface area contributed by atoms with Crippen molar-refractivity contribution in [2.45, 2.75) is 26.7 Å². The Morgan fingerprint density at radius 1 is 1.40 bits per heavy atom. The predicted octanol–water partition coefficient (Wildman–Crippen LogP) is 1.09. The Balaban J connectivity index is 2.88. The minimum absolute atomic E-state index is 0.102. The second-order valence-corrected chi connectivity index (χ2v) is 4.01. The Hall–Kier alpha value is -1.65. The molecule has 5 nitrogen and oxygen atoms in total. The van der Waals surface area contributed by atoms with Crippen LogP contribution in [0.1, 0.15) is 31.3 Å². The van der Waals surface area contributed by atoms with Crippen molar-refractivity contribution >= 4 is 11.0 Å². The highest BCUT2D eigenvalue weighted by atomic mass is 16.1. The fraction of sp³-hybridized carbons (Fsp3) is 0.500. The summed E-state index contributed by atoms with van der Waals surface area (Å²) < 4.78 is 1.64. The molecule has 80 valence electrons. The molecule has 0 unspecified atom stereocenters. The minimum atomic E-state index is -0.102. The van der Waals surface area contributed by atoms with Crippen LogP contribution in [0, 0.1) is 6.92 Å². The van der Waals surface area contributed by atoms with Gasteiger partial charge in [-0.25, -0.2) is 9.67 Å². The zero-order valence-electron chi connectivity index (χ0n) is 9.33. The molecule has 0 radical (unpaired) electrons. The van der Waals surface area contributed by atoms with Crippen molar-refractivity contribution < 1.29 is 0 Å². The SMILES string of the molecule is Cc1nn(C)c2nc(C(C)C)[nH]c(=O)c12. The van der Waals surface area contributed by atoms with Crippen LogP contribution < -0.4 is 5.56 Å². The second-order valence-electron chi connectivity index (χ2n) is 4.01. The number of aromatic nitrogens is 4. The number of H-pyrrole nitrogens is 1. The molecule has 0 aliphatic rings. The van der Waals surface area contributed by atoms with Crippen LogP contribution in [0.25, 0.3) is 11.0 Å². The van der Waals surface area contributed by atoms with Crippen molar-refractivity contribution in [2.24, 2.45) is 7.05 Å². The molecule has 0 saturated heterocycles. The van der Waals surface area contributed by atoms with Crippen molar-refractivity contribution in [2.75, 3.05) is 0 Å². The summed E-state index contributed by atoms with van der Waals surface area (Å²) in [4.78, 5) is 19.0. The van der Waals surface area contributed by atoms with Crippen LogP contribution in [0.5, 0.6) is 0 Å². The van der Waals surface area contributed by atoms with Gasteiger partial charge >= 0.3 is 0 Å². The van der Waals surface area contributed by atoms with E-state index in [9.17, 15) is 4.79 Å². The van der Waals surface area contributed by atoms with Crippen molar-refractivity contribution in [1.29, 1.82) is 0 Å². The molecule has 0 fully saturated rings. The molecule has 0 aliphatic heterocycles. The highest BCUT2D eigenvalue weighted by Crippen LogP contribution is 2.13. The summed E-state index contributed by atoms with van der Waals surface area (Å²) in [6, 6.07) is 0. The number of hydrogen-bond acceptors (Lipinski definition) is 3. The maximum atomic E-state index is 11.8. The Morgan fingerprint density at radius 3 is 2.67 bits per heavy atom. The van der Waals surface area contributed by atoms with E-state index in [1.54, 1.807) is 11.7 Å². The number of rotatable bonds is 1. The van der Waals surface area contributed by atoms with E-state index < -0.39 is 0 Å². The first kappa shape index (κ1) is 9.89. The Labute approximate surface area is 87.1 Å². The number of aromatic amines is 1. The molecular weight excluding hydrogens is 192 g/mol. The van der Waals surface area contributed by atoms with E-state index in [-0.39, 0.29) is 11.5 Å². The molecule has 0 aliphatic carbocycles. The lowest BCUT2D eigenvalue weighted by atomic mass is 10.2. The normalized spacial score (nSPS) is 11.5. The van der Waals surface area contributed by atoms with Crippen LogP contribution in [0.2, 0.25) is 0 Å². The molecule has 0 aromatic carbocycles. The lowest BCUT2D eigenvalue weighted by Crippen LogP contribution is -2.13. The van der Waals surface area contributed by atoms with E-state index in [1.165, 1.54) is 0 Å². The van der Waals surface area contributed by atoms with Crippen LogP contribution in [0.4, 0.5) is 0 Å². The van der Waals surface area contributed by atoms with Crippen molar-refractivity contribution in [3.05, 3.63) is 21.9 Å². The molecule has 2 aromatic rings. The van der Waals surface area contributed by atoms with Crippen LogP contribution in [-0.4, -0.2) is 19.7 Å². The van der Waals surface area contributed by atoms with Crippen LogP contribution in [-0.2, 0) is 7.05 Å². The molecule has 2 aromatic heterocycles. The van der Waals surface area contributed by atoms with Gasteiger partial charge in [-0.3, -0.25) is 4.79 Å². The Kier molecular flexibility index (Phi) is 2.10. The van der Waals surface area contributed by atoms with Gasteiger partial charge in [0.1, 0.15) is 11.2 Å². The lowest BCUT2D eigenvalue weighted by molar-refractivity contribution is 0.744. The van der Waals surface area contributed by atoms with Crippen molar-refractivity contribution in [1.82, 2.24) is 19.7 Å². The lowest BCUT2D eigenvalue weighted by Gasteiger charge is -2.03. The molecule has 0 atom stereocenters. The first-order chi connectivity index (χ1) is 7.00. The van der Waals surface area contributed by atoms with Crippen LogP contribution in [0.15, 0.2) is 4.79 Å². The van der Waals surface area contributed by atoms with Gasteiger partial charge in [-0.05, 0) is 6.92 Å². The molecule has 2 rings (SSSR count). The highest BCUT2D eigenvalue weighted by Gasteiger charge is 2.13. The molecule has 0 amide bonds. The largest absolute Gasteiger partial charge is 0.310 e. The molecular formula is C10H14N4O. The van der Waals surface area contributed by atoms with Crippen LogP contribution in [0.3, 0.4) is 0 Å². The maximum Gasteiger partial charge on any atom is 0.262 e. The average Bonchev–Trinajstić information content (AvgIpc) is 2.42. The van der Waals surface area contributed by atoms with Crippen molar-refractivity contribution in [3.63, 3.8) is 0 Å². The number of nitrogens with one attached hydrogen (secondary N) is 1. The fourth-order valence-electron chi connectivity index (χ4n) is 1.63. The molecule has 1 N–H and O–H groups in total. The number of nitrogens with zero attached hydrogens (tertiary/aromatic N) is 3. The van der Waals surface area contributed by atoms with Gasteiger partial charge in [0.05, 0.1) is 5.69 Å². The second kappa shape index (κ2) is 3.18. The van der Waals surface area contributed by atoms with Gasteiger partial charge in [0.2, 0.25) is 0 Å². The summed E-state index contributed by atoms with van der Waals surface area (Å²) in [7, 11) is 1.80. The summed E-state index contributed by atoms with van der Waals surface area (Å²) in [5.41, 5.74) is 1.27. The third kappa shape index (κ3) is 1.44. The van der Waals surface area contributed by atoms with Gasteiger partial charge in [0.15, 0.2) is 5.65 Å². The first-order valence-corrected chi connectivity index (χ1v) is 4.94.